The molecule has 0 aromatic heterocycles. The minimum absolute atomic E-state index is 0.0708. The van der Waals surface area contributed by atoms with Gasteiger partial charge in [0.2, 0.25) is 0 Å². The molecule has 2 aromatic carbocycles. The molecule has 1 atom stereocenters. The van der Waals surface area contributed by atoms with E-state index in [1.807, 2.05) is 0 Å². The molecule has 0 amide bonds. The summed E-state index contributed by atoms with van der Waals surface area (Å²) in [5, 5.41) is 3.62. The Kier molecular flexibility index (Phi) is 6.52. The zero-order valence-electron chi connectivity index (χ0n) is 12.8. The fraction of sp³-hybridized carbons (Fsp3) is 0.235. The average molecular weight is 356 g/mol. The Morgan fingerprint density at radius 2 is 1.92 bits per heavy atom. The van der Waals surface area contributed by atoms with Crippen LogP contribution >= 0.6 is 11.6 Å². The molecule has 0 heterocycles. The number of benzene rings is 2. The second-order valence-electron chi connectivity index (χ2n) is 4.93. The van der Waals surface area contributed by atoms with Gasteiger partial charge in [0.25, 0.3) is 0 Å². The molecule has 0 bridgehead atoms. The molecule has 2 aromatic rings. The molecule has 0 saturated heterocycles. The smallest absolute Gasteiger partial charge is 0.387 e. The van der Waals surface area contributed by atoms with Crippen molar-refractivity contribution in [1.82, 2.24) is 0 Å². The highest BCUT2D eigenvalue weighted by molar-refractivity contribution is 6.30. The number of methoxy groups -OCH3 is 1. The quantitative estimate of drug-likeness (QED) is 0.719. The van der Waals surface area contributed by atoms with Crippen molar-refractivity contribution in [3.8, 4) is 5.75 Å². The maximum atomic E-state index is 12.6. The summed E-state index contributed by atoms with van der Waals surface area (Å²) < 4.78 is 34.0. The molecule has 0 aliphatic heterocycles. The number of ketones is 1. The summed E-state index contributed by atoms with van der Waals surface area (Å²) in [7, 11) is 1.47. The summed E-state index contributed by atoms with van der Waals surface area (Å²) in [6, 6.07) is 11.8. The van der Waals surface area contributed by atoms with Crippen LogP contribution in [0.2, 0.25) is 5.02 Å². The lowest BCUT2D eigenvalue weighted by Crippen LogP contribution is -2.34. The van der Waals surface area contributed by atoms with Crippen LogP contribution in [-0.2, 0) is 4.74 Å². The lowest BCUT2D eigenvalue weighted by atomic mass is 10.0. The molecule has 0 radical (unpaired) electrons. The summed E-state index contributed by atoms with van der Waals surface area (Å²) in [6.07, 6.45) is 0. The Hall–Kier alpha value is -2.18. The van der Waals surface area contributed by atoms with E-state index in [4.69, 9.17) is 16.3 Å². The number of carbonyl (C=O) groups is 1. The number of carbonyl (C=O) groups excluding carboxylic acids is 1. The fourth-order valence-electron chi connectivity index (χ4n) is 2.12. The number of hydrogen-bond donors (Lipinski definition) is 1. The van der Waals surface area contributed by atoms with Crippen molar-refractivity contribution in [1.29, 1.82) is 0 Å². The third-order valence-corrected chi connectivity index (χ3v) is 3.43. The highest BCUT2D eigenvalue weighted by Gasteiger charge is 2.21. The van der Waals surface area contributed by atoms with Crippen LogP contribution < -0.4 is 10.1 Å². The number of Topliss-reactive ketones (excluding diaryl/α,β-unsaturated/α-hetero) is 1. The van der Waals surface area contributed by atoms with Gasteiger partial charge in [-0.25, -0.2) is 0 Å². The lowest BCUT2D eigenvalue weighted by Gasteiger charge is -2.18. The van der Waals surface area contributed by atoms with Crippen LogP contribution in [0.5, 0.6) is 5.75 Å². The van der Waals surface area contributed by atoms with E-state index in [0.29, 0.717) is 10.7 Å². The standard InChI is InChI=1S/C17H16ClF2NO3/c1-23-10-15(21-13-7-5-12(18)6-8-13)16(22)11-3-2-4-14(9-11)24-17(19)20/h2-9,15,17,21H,10H2,1H3. The lowest BCUT2D eigenvalue weighted by molar-refractivity contribution is -0.0498. The molecule has 4 nitrogen and oxygen atoms in total. The molecule has 7 heteroatoms. The maximum Gasteiger partial charge on any atom is 0.387 e. The highest BCUT2D eigenvalue weighted by atomic mass is 35.5. The third kappa shape index (κ3) is 5.18. The van der Waals surface area contributed by atoms with Gasteiger partial charge >= 0.3 is 6.61 Å². The van der Waals surface area contributed by atoms with Gasteiger partial charge < -0.3 is 14.8 Å². The Balaban J connectivity index is 2.17. The first-order valence-electron chi connectivity index (χ1n) is 7.09. The average Bonchev–Trinajstić information content (AvgIpc) is 2.55. The van der Waals surface area contributed by atoms with E-state index in [-0.39, 0.29) is 23.7 Å². The summed E-state index contributed by atoms with van der Waals surface area (Å²) in [4.78, 5) is 12.6. The van der Waals surface area contributed by atoms with Crippen molar-refractivity contribution < 1.29 is 23.0 Å². The minimum Gasteiger partial charge on any atom is -0.435 e. The zero-order valence-corrected chi connectivity index (χ0v) is 13.6. The molecule has 128 valence electrons. The molecular weight excluding hydrogens is 340 g/mol. The van der Waals surface area contributed by atoms with Crippen molar-refractivity contribution in [2.24, 2.45) is 0 Å². The predicted octanol–water partition coefficient (Wildman–Crippen LogP) is 4.25. The van der Waals surface area contributed by atoms with Gasteiger partial charge in [0.15, 0.2) is 5.78 Å². The van der Waals surface area contributed by atoms with Crippen LogP contribution in [0, 0.1) is 0 Å². The zero-order chi connectivity index (χ0) is 17.5. The van der Waals surface area contributed by atoms with Gasteiger partial charge in [0, 0.05) is 23.4 Å². The van der Waals surface area contributed by atoms with Crippen molar-refractivity contribution >= 4 is 23.1 Å². The highest BCUT2D eigenvalue weighted by Crippen LogP contribution is 2.19. The first-order valence-corrected chi connectivity index (χ1v) is 7.47. The van der Waals surface area contributed by atoms with E-state index in [1.165, 1.54) is 31.4 Å². The number of nitrogens with one attached hydrogen (secondary N) is 1. The van der Waals surface area contributed by atoms with Crippen LogP contribution in [0.3, 0.4) is 0 Å². The molecule has 1 N–H and O–H groups in total. The van der Waals surface area contributed by atoms with E-state index in [0.717, 1.165) is 0 Å². The second kappa shape index (κ2) is 8.61. The molecule has 24 heavy (non-hydrogen) atoms. The molecule has 1 unspecified atom stereocenters. The van der Waals surface area contributed by atoms with Crippen molar-refractivity contribution in [3.63, 3.8) is 0 Å². The summed E-state index contributed by atoms with van der Waals surface area (Å²) >= 11 is 5.83. The SMILES string of the molecule is COCC(Nc1ccc(Cl)cc1)C(=O)c1cccc(OC(F)F)c1. The second-order valence-corrected chi connectivity index (χ2v) is 5.37. The van der Waals surface area contributed by atoms with E-state index < -0.39 is 12.7 Å². The molecule has 2 rings (SSSR count). The molecule has 0 aliphatic carbocycles. The largest absolute Gasteiger partial charge is 0.435 e. The van der Waals surface area contributed by atoms with E-state index in [9.17, 15) is 13.6 Å². The number of alkyl halides is 2. The van der Waals surface area contributed by atoms with E-state index in [1.54, 1.807) is 24.3 Å². The number of hydrogen-bond acceptors (Lipinski definition) is 4. The topological polar surface area (TPSA) is 47.6 Å². The van der Waals surface area contributed by atoms with Crippen molar-refractivity contribution in [3.05, 3.63) is 59.1 Å². The summed E-state index contributed by atoms with van der Waals surface area (Å²) in [5.41, 5.74) is 0.937. The van der Waals surface area contributed by atoms with Crippen LogP contribution in [0.15, 0.2) is 48.5 Å². The van der Waals surface area contributed by atoms with Gasteiger partial charge in [-0.15, -0.1) is 0 Å². The number of anilines is 1. The molecular formula is C17H16ClF2NO3. The van der Waals surface area contributed by atoms with Crippen molar-refractivity contribution in [2.45, 2.75) is 12.7 Å². The van der Waals surface area contributed by atoms with Gasteiger partial charge in [-0.1, -0.05) is 23.7 Å². The van der Waals surface area contributed by atoms with Crippen molar-refractivity contribution in [2.75, 3.05) is 19.0 Å². The van der Waals surface area contributed by atoms with Crippen LogP contribution in [-0.4, -0.2) is 32.2 Å². The van der Waals surface area contributed by atoms with Gasteiger partial charge in [0.05, 0.1) is 6.61 Å². The van der Waals surface area contributed by atoms with Gasteiger partial charge in [0.1, 0.15) is 11.8 Å². The molecule has 0 fully saturated rings. The Labute approximate surface area is 143 Å². The minimum atomic E-state index is -2.95. The molecule has 0 aliphatic rings. The monoisotopic (exact) mass is 355 g/mol. The Bertz CT molecular complexity index is 680. The van der Waals surface area contributed by atoms with E-state index in [2.05, 4.69) is 10.1 Å². The first-order chi connectivity index (χ1) is 11.5. The Morgan fingerprint density at radius 1 is 1.21 bits per heavy atom. The molecule has 0 saturated carbocycles. The van der Waals surface area contributed by atoms with Gasteiger partial charge in [-0.2, -0.15) is 8.78 Å². The van der Waals surface area contributed by atoms with Crippen LogP contribution in [0.25, 0.3) is 0 Å². The summed E-state index contributed by atoms with van der Waals surface area (Å²) in [5.74, 6) is -0.370. The van der Waals surface area contributed by atoms with Crippen LogP contribution in [0.4, 0.5) is 14.5 Å². The normalized spacial score (nSPS) is 12.0. The number of halogens is 3. The molecule has 0 spiro atoms. The fourth-order valence-corrected chi connectivity index (χ4v) is 2.25. The van der Waals surface area contributed by atoms with E-state index >= 15 is 0 Å². The number of rotatable bonds is 8. The Morgan fingerprint density at radius 3 is 2.54 bits per heavy atom. The maximum absolute atomic E-state index is 12.6. The number of ether oxygens (including phenoxy) is 2. The van der Waals surface area contributed by atoms with Crippen LogP contribution in [0.1, 0.15) is 10.4 Å². The van der Waals surface area contributed by atoms with Gasteiger partial charge in [-0.3, -0.25) is 4.79 Å². The third-order valence-electron chi connectivity index (χ3n) is 3.18. The first kappa shape index (κ1) is 18.2. The summed E-state index contributed by atoms with van der Waals surface area (Å²) in [6.45, 7) is -2.83. The van der Waals surface area contributed by atoms with Gasteiger partial charge in [-0.05, 0) is 36.4 Å². The predicted molar refractivity (Wildman–Crippen MR) is 88.1 cm³/mol.